The molecule has 2 fully saturated rings. The second kappa shape index (κ2) is 10.8. The lowest BCUT2D eigenvalue weighted by Crippen LogP contribution is -2.58. The van der Waals surface area contributed by atoms with Crippen molar-refractivity contribution in [3.8, 4) is 34.3 Å². The zero-order valence-corrected chi connectivity index (χ0v) is 20.9. The highest BCUT2D eigenvalue weighted by atomic mass is 16.7. The van der Waals surface area contributed by atoms with E-state index >= 15 is 0 Å². The van der Waals surface area contributed by atoms with Crippen molar-refractivity contribution >= 4 is 11.0 Å². The molecule has 40 heavy (non-hydrogen) atoms. The molecule has 14 nitrogen and oxygen atoms in total. The monoisotopic (exact) mass is 564 g/mol. The Labute approximate surface area is 225 Å². The van der Waals surface area contributed by atoms with Gasteiger partial charge in [0, 0.05) is 17.7 Å². The minimum absolute atomic E-state index is 0.0852. The van der Waals surface area contributed by atoms with Gasteiger partial charge in [0.25, 0.3) is 0 Å². The Balaban J connectivity index is 1.58. The minimum Gasteiger partial charge on any atom is -0.508 e. The van der Waals surface area contributed by atoms with E-state index < -0.39 is 72.2 Å². The molecule has 2 saturated heterocycles. The van der Waals surface area contributed by atoms with Gasteiger partial charge in [-0.1, -0.05) is 0 Å². The molecule has 14 heteroatoms. The molecular weight excluding hydrogens is 536 g/mol. The summed E-state index contributed by atoms with van der Waals surface area (Å²) in [6.45, 7) is 1.10. The molecule has 3 aromatic rings. The second-order valence-corrected chi connectivity index (χ2v) is 9.62. The predicted molar refractivity (Wildman–Crippen MR) is 133 cm³/mol. The number of hydrogen-bond donors (Lipinski definition) is 8. The van der Waals surface area contributed by atoms with E-state index in [2.05, 4.69) is 0 Å². The van der Waals surface area contributed by atoms with Crippen molar-refractivity contribution in [2.75, 3.05) is 6.61 Å². The molecule has 0 amide bonds. The van der Waals surface area contributed by atoms with E-state index in [1.165, 1.54) is 37.3 Å². The van der Waals surface area contributed by atoms with Gasteiger partial charge < -0.3 is 64.2 Å². The average Bonchev–Trinajstić information content (AvgIpc) is 2.92. The summed E-state index contributed by atoms with van der Waals surface area (Å²) in [6, 6.07) is 7.69. The number of ether oxygens (including phenoxy) is 4. The summed E-state index contributed by atoms with van der Waals surface area (Å²) in [6.07, 6.45) is -13.3. The third-order valence-corrected chi connectivity index (χ3v) is 6.78. The fraction of sp³-hybridized carbons (Fsp3) is 0.423. The summed E-state index contributed by atoms with van der Waals surface area (Å²) in [7, 11) is 0. The Bertz CT molecular complexity index is 1420. The van der Waals surface area contributed by atoms with Gasteiger partial charge in [-0.25, -0.2) is 0 Å². The average molecular weight is 564 g/mol. The highest BCUT2D eigenvalue weighted by Crippen LogP contribution is 2.38. The van der Waals surface area contributed by atoms with E-state index in [0.717, 1.165) is 6.07 Å². The van der Waals surface area contributed by atoms with E-state index in [-0.39, 0.29) is 40.4 Å². The van der Waals surface area contributed by atoms with E-state index in [1.807, 2.05) is 0 Å². The summed E-state index contributed by atoms with van der Waals surface area (Å²) >= 11 is 0. The van der Waals surface area contributed by atoms with Gasteiger partial charge in [-0.3, -0.25) is 4.79 Å². The normalized spacial score (nSPS) is 32.6. The van der Waals surface area contributed by atoms with Gasteiger partial charge in [0.15, 0.2) is 5.76 Å². The largest absolute Gasteiger partial charge is 0.508 e. The van der Waals surface area contributed by atoms with Crippen LogP contribution in [0.3, 0.4) is 0 Å². The van der Waals surface area contributed by atoms with Crippen LogP contribution >= 0.6 is 0 Å². The van der Waals surface area contributed by atoms with Crippen molar-refractivity contribution in [3.63, 3.8) is 0 Å². The lowest BCUT2D eigenvalue weighted by atomic mass is 10.00. The third-order valence-electron chi connectivity index (χ3n) is 6.78. The number of phenolic OH excluding ortho intramolecular Hbond substituents is 2. The fourth-order valence-corrected chi connectivity index (χ4v) is 4.48. The maximum absolute atomic E-state index is 13.6. The number of aliphatic hydroxyl groups is 6. The molecule has 5 rings (SSSR count). The van der Waals surface area contributed by atoms with Gasteiger partial charge in [0.2, 0.25) is 23.8 Å². The Morgan fingerprint density at radius 1 is 0.825 bits per heavy atom. The summed E-state index contributed by atoms with van der Waals surface area (Å²) in [4.78, 5) is 13.6. The molecule has 2 aliphatic rings. The van der Waals surface area contributed by atoms with Crippen molar-refractivity contribution in [1.29, 1.82) is 0 Å². The van der Waals surface area contributed by atoms with Gasteiger partial charge in [-0.05, 0) is 31.2 Å². The molecule has 0 saturated carbocycles. The number of phenols is 2. The first-order valence-electron chi connectivity index (χ1n) is 12.3. The van der Waals surface area contributed by atoms with Crippen LogP contribution in [0.4, 0.5) is 0 Å². The fourth-order valence-electron chi connectivity index (χ4n) is 4.48. The summed E-state index contributed by atoms with van der Waals surface area (Å²) in [5.74, 6) is -1.54. The first-order valence-corrected chi connectivity index (χ1v) is 12.3. The number of benzene rings is 2. The molecule has 9 atom stereocenters. The number of rotatable bonds is 5. The van der Waals surface area contributed by atoms with Gasteiger partial charge in [-0.2, -0.15) is 0 Å². The topological polar surface area (TPSA) is 229 Å². The summed E-state index contributed by atoms with van der Waals surface area (Å²) in [5.41, 5.74) is -0.861. The highest BCUT2D eigenvalue weighted by molar-refractivity contribution is 5.88. The Morgan fingerprint density at radius 3 is 2.20 bits per heavy atom. The van der Waals surface area contributed by atoms with Crippen LogP contribution in [0.2, 0.25) is 0 Å². The molecular formula is C26H28O14. The molecule has 2 aromatic carbocycles. The van der Waals surface area contributed by atoms with Gasteiger partial charge in [0.05, 0.1) is 12.7 Å². The first-order chi connectivity index (χ1) is 19.0. The van der Waals surface area contributed by atoms with Crippen molar-refractivity contribution in [1.82, 2.24) is 0 Å². The van der Waals surface area contributed by atoms with Crippen LogP contribution in [0.15, 0.2) is 45.6 Å². The quantitative estimate of drug-likeness (QED) is 0.184. The van der Waals surface area contributed by atoms with Crippen LogP contribution < -0.4 is 14.9 Å². The molecule has 9 unspecified atom stereocenters. The van der Waals surface area contributed by atoms with E-state index in [9.17, 15) is 45.6 Å². The molecule has 1 aromatic heterocycles. The lowest BCUT2D eigenvalue weighted by molar-refractivity contribution is -0.268. The van der Waals surface area contributed by atoms with Crippen LogP contribution in [-0.2, 0) is 9.47 Å². The van der Waals surface area contributed by atoms with Crippen LogP contribution in [-0.4, -0.2) is 103 Å². The van der Waals surface area contributed by atoms with Crippen molar-refractivity contribution in [2.24, 2.45) is 0 Å². The maximum Gasteiger partial charge on any atom is 0.239 e. The first kappa shape index (κ1) is 28.1. The Kier molecular flexibility index (Phi) is 7.60. The molecule has 2 aliphatic heterocycles. The second-order valence-electron chi connectivity index (χ2n) is 9.62. The van der Waals surface area contributed by atoms with E-state index in [4.69, 9.17) is 23.4 Å². The van der Waals surface area contributed by atoms with Gasteiger partial charge in [-0.15, -0.1) is 0 Å². The van der Waals surface area contributed by atoms with Crippen LogP contribution in [0.5, 0.6) is 23.0 Å². The van der Waals surface area contributed by atoms with Gasteiger partial charge >= 0.3 is 0 Å². The number of fused-ring (bicyclic) bond motifs is 1. The Morgan fingerprint density at radius 2 is 1.50 bits per heavy atom. The van der Waals surface area contributed by atoms with Crippen molar-refractivity contribution < 1.29 is 64.2 Å². The smallest absolute Gasteiger partial charge is 0.239 e. The molecule has 0 bridgehead atoms. The van der Waals surface area contributed by atoms with Crippen molar-refractivity contribution in [3.05, 3.63) is 46.6 Å². The lowest BCUT2D eigenvalue weighted by Gasteiger charge is -2.38. The van der Waals surface area contributed by atoms with E-state index in [0.29, 0.717) is 0 Å². The SMILES string of the molecule is CC1OC(Oc2c(-c3ccc(O)cc3)oc3cc(OC4OCC(O)C(O)C4O)cc(O)c3c2=O)C(O)C(O)C1O. The molecule has 216 valence electrons. The molecule has 0 spiro atoms. The Hall–Kier alpha value is -3.47. The predicted octanol–water partition coefficient (Wildman–Crippen LogP) is -1.10. The summed E-state index contributed by atoms with van der Waals surface area (Å²) < 4.78 is 27.9. The minimum atomic E-state index is -1.76. The zero-order valence-electron chi connectivity index (χ0n) is 20.9. The van der Waals surface area contributed by atoms with Crippen molar-refractivity contribution in [2.45, 2.75) is 62.2 Å². The van der Waals surface area contributed by atoms with Crippen LogP contribution in [0, 0.1) is 0 Å². The zero-order chi connectivity index (χ0) is 28.9. The number of aromatic hydroxyl groups is 2. The van der Waals surface area contributed by atoms with Gasteiger partial charge in [0.1, 0.15) is 64.8 Å². The van der Waals surface area contributed by atoms with E-state index in [1.54, 1.807) is 0 Å². The van der Waals surface area contributed by atoms with Crippen LogP contribution in [0.1, 0.15) is 6.92 Å². The molecule has 8 N–H and O–H groups in total. The van der Waals surface area contributed by atoms with Crippen LogP contribution in [0.25, 0.3) is 22.3 Å². The molecule has 0 aliphatic carbocycles. The maximum atomic E-state index is 13.6. The number of aliphatic hydroxyl groups excluding tert-OH is 6. The molecule has 3 heterocycles. The summed E-state index contributed by atoms with van der Waals surface area (Å²) in [5, 5.41) is 80.5. The number of hydrogen-bond acceptors (Lipinski definition) is 14. The highest BCUT2D eigenvalue weighted by Gasteiger charge is 2.44. The third kappa shape index (κ3) is 5.07. The molecule has 0 radical (unpaired) electrons. The standard InChI is InChI=1S/C26H28O14/c1-9-17(30)20(33)22(35)26(37-9)40-24-19(32)16-13(28)6-12(38-25-21(34)18(31)14(29)8-36-25)7-15(16)39-23(24)10-2-4-11(27)5-3-10/h2-7,9,14,17-18,20-22,25-31,33-35H,8H2,1H3.